The van der Waals surface area contributed by atoms with E-state index in [0.29, 0.717) is 11.1 Å². The number of carbonyl (C=O) groups excluding carboxylic acids is 1. The molecule has 5 nitrogen and oxygen atoms in total. The van der Waals surface area contributed by atoms with Gasteiger partial charge in [-0.15, -0.1) is 0 Å². The number of rotatable bonds is 3. The maximum Gasteiger partial charge on any atom is 0.417 e. The molecule has 0 amide bonds. The van der Waals surface area contributed by atoms with E-state index in [0.717, 1.165) is 6.07 Å². The summed E-state index contributed by atoms with van der Waals surface area (Å²) >= 11 is 0. The van der Waals surface area contributed by atoms with E-state index in [1.807, 2.05) is 0 Å². The Balaban J connectivity index is 1.94. The normalized spacial score (nSPS) is 11.3. The van der Waals surface area contributed by atoms with E-state index in [2.05, 4.69) is 4.98 Å². The van der Waals surface area contributed by atoms with Crippen molar-refractivity contribution >= 4 is 23.0 Å². The molecule has 1 heterocycles. The minimum absolute atomic E-state index is 0.180. The highest BCUT2D eigenvalue weighted by atomic mass is 19.1. The molecule has 0 fully saturated rings. The maximum absolute atomic E-state index is 13.2. The van der Waals surface area contributed by atoms with Crippen LogP contribution < -0.4 is 5.76 Å². The quantitative estimate of drug-likeness (QED) is 0.575. The van der Waals surface area contributed by atoms with Crippen LogP contribution in [0.3, 0.4) is 0 Å². The molecule has 0 bridgehead atoms. The van der Waals surface area contributed by atoms with E-state index in [1.54, 1.807) is 12.1 Å². The fourth-order valence-electron chi connectivity index (χ4n) is 2.06. The number of ketones is 1. The molecule has 110 valence electrons. The summed E-state index contributed by atoms with van der Waals surface area (Å²) in [7, 11) is 0. The number of aromatic nitrogens is 1. The SMILES string of the molecule is O=C(/C=C/c1ccc(O)c(F)c1)c1cccc2[nH]c(=O)oc12. The number of aromatic hydroxyl groups is 1. The summed E-state index contributed by atoms with van der Waals surface area (Å²) in [6, 6.07) is 8.55. The van der Waals surface area contributed by atoms with Crippen LogP contribution in [0.15, 0.2) is 51.7 Å². The van der Waals surface area contributed by atoms with Crippen LogP contribution in [0.25, 0.3) is 17.2 Å². The van der Waals surface area contributed by atoms with Gasteiger partial charge in [0.25, 0.3) is 0 Å². The average molecular weight is 299 g/mol. The van der Waals surface area contributed by atoms with Crippen molar-refractivity contribution in [2.75, 3.05) is 0 Å². The van der Waals surface area contributed by atoms with Crippen molar-refractivity contribution in [1.29, 1.82) is 0 Å². The van der Waals surface area contributed by atoms with Crippen LogP contribution in [0.1, 0.15) is 15.9 Å². The van der Waals surface area contributed by atoms with Gasteiger partial charge >= 0.3 is 5.76 Å². The number of hydrogen-bond acceptors (Lipinski definition) is 4. The number of para-hydroxylation sites is 1. The van der Waals surface area contributed by atoms with Crippen molar-refractivity contribution in [3.05, 3.63) is 70.0 Å². The van der Waals surface area contributed by atoms with E-state index in [9.17, 15) is 14.0 Å². The van der Waals surface area contributed by atoms with Gasteiger partial charge < -0.3 is 9.52 Å². The highest BCUT2D eigenvalue weighted by Gasteiger charge is 2.11. The number of H-pyrrole nitrogens is 1. The number of hydrogen-bond donors (Lipinski definition) is 2. The largest absolute Gasteiger partial charge is 0.505 e. The van der Waals surface area contributed by atoms with Gasteiger partial charge in [0.05, 0.1) is 11.1 Å². The number of phenols is 1. The molecule has 0 aliphatic carbocycles. The third-order valence-corrected chi connectivity index (χ3v) is 3.11. The summed E-state index contributed by atoms with van der Waals surface area (Å²) in [5, 5.41) is 9.11. The fraction of sp³-hybridized carbons (Fsp3) is 0. The van der Waals surface area contributed by atoms with Crippen LogP contribution in [0.5, 0.6) is 5.75 Å². The molecule has 1 aromatic heterocycles. The number of phenolic OH excluding ortho intramolecular Hbond substituents is 1. The Bertz CT molecular complexity index is 952. The zero-order valence-corrected chi connectivity index (χ0v) is 11.2. The number of benzene rings is 2. The third kappa shape index (κ3) is 2.54. The molecule has 2 N–H and O–H groups in total. The van der Waals surface area contributed by atoms with Gasteiger partial charge in [0, 0.05) is 0 Å². The second-order valence-electron chi connectivity index (χ2n) is 4.61. The highest BCUT2D eigenvalue weighted by molar-refractivity contribution is 6.12. The molecule has 0 saturated carbocycles. The second-order valence-corrected chi connectivity index (χ2v) is 4.61. The summed E-state index contributed by atoms with van der Waals surface area (Å²) in [5.41, 5.74) is 1.26. The minimum atomic E-state index is -0.770. The van der Waals surface area contributed by atoms with Gasteiger partial charge in [-0.1, -0.05) is 18.2 Å². The number of allylic oxidation sites excluding steroid dienone is 1. The predicted octanol–water partition coefficient (Wildman–Crippen LogP) is 2.86. The molecular formula is C16H10FNO4. The molecule has 0 radical (unpaired) electrons. The van der Waals surface area contributed by atoms with Crippen LogP contribution in [-0.2, 0) is 0 Å². The van der Waals surface area contributed by atoms with E-state index in [4.69, 9.17) is 9.52 Å². The van der Waals surface area contributed by atoms with Crippen molar-refractivity contribution in [2.45, 2.75) is 0 Å². The number of aromatic amines is 1. The van der Waals surface area contributed by atoms with Crippen molar-refractivity contribution in [3.63, 3.8) is 0 Å². The Labute approximate surface area is 123 Å². The van der Waals surface area contributed by atoms with Gasteiger partial charge in [-0.05, 0) is 35.9 Å². The molecule has 0 aliphatic heterocycles. The van der Waals surface area contributed by atoms with E-state index >= 15 is 0 Å². The van der Waals surface area contributed by atoms with Gasteiger partial charge in [-0.3, -0.25) is 9.78 Å². The Hall–Kier alpha value is -3.15. The first-order chi connectivity index (χ1) is 10.5. The van der Waals surface area contributed by atoms with E-state index < -0.39 is 17.3 Å². The molecular weight excluding hydrogens is 289 g/mol. The Morgan fingerprint density at radius 3 is 2.86 bits per heavy atom. The number of fused-ring (bicyclic) bond motifs is 1. The Kier molecular flexibility index (Phi) is 3.34. The van der Waals surface area contributed by atoms with Crippen LogP contribution in [0.2, 0.25) is 0 Å². The van der Waals surface area contributed by atoms with Crippen LogP contribution >= 0.6 is 0 Å². The predicted molar refractivity (Wildman–Crippen MR) is 78.3 cm³/mol. The van der Waals surface area contributed by atoms with Crippen molar-refractivity contribution in [1.82, 2.24) is 4.98 Å². The average Bonchev–Trinajstić information content (AvgIpc) is 2.88. The lowest BCUT2D eigenvalue weighted by Crippen LogP contribution is -1.95. The number of halogens is 1. The smallest absolute Gasteiger partial charge is 0.417 e. The minimum Gasteiger partial charge on any atom is -0.505 e. The standard InChI is InChI=1S/C16H10FNO4/c17-11-8-9(5-7-14(11)20)4-6-13(19)10-2-1-3-12-15(10)22-16(21)18-12/h1-8,20H,(H,18,21)/b6-4+. The van der Waals surface area contributed by atoms with Crippen LogP contribution in [0, 0.1) is 5.82 Å². The second kappa shape index (κ2) is 5.33. The van der Waals surface area contributed by atoms with Crippen LogP contribution in [-0.4, -0.2) is 15.9 Å². The molecule has 22 heavy (non-hydrogen) atoms. The summed E-state index contributed by atoms with van der Waals surface area (Å²) in [4.78, 5) is 25.8. The maximum atomic E-state index is 13.2. The van der Waals surface area contributed by atoms with E-state index in [-0.39, 0.29) is 16.9 Å². The van der Waals surface area contributed by atoms with Gasteiger partial charge in [0.2, 0.25) is 0 Å². The molecule has 2 aromatic carbocycles. The van der Waals surface area contributed by atoms with Crippen molar-refractivity contribution in [2.24, 2.45) is 0 Å². The lowest BCUT2D eigenvalue weighted by molar-refractivity contribution is 0.104. The first-order valence-corrected chi connectivity index (χ1v) is 6.37. The number of nitrogens with one attached hydrogen (secondary N) is 1. The third-order valence-electron chi connectivity index (χ3n) is 3.11. The van der Waals surface area contributed by atoms with Gasteiger partial charge in [-0.2, -0.15) is 0 Å². The van der Waals surface area contributed by atoms with Crippen LogP contribution in [0.4, 0.5) is 4.39 Å². The number of oxazole rings is 1. The molecule has 0 atom stereocenters. The summed E-state index contributed by atoms with van der Waals surface area (Å²) in [5.74, 6) is -2.25. The Morgan fingerprint density at radius 1 is 1.27 bits per heavy atom. The van der Waals surface area contributed by atoms with E-state index in [1.165, 1.54) is 30.4 Å². The highest BCUT2D eigenvalue weighted by Crippen LogP contribution is 2.19. The van der Waals surface area contributed by atoms with Gasteiger partial charge in [-0.25, -0.2) is 9.18 Å². The first kappa shape index (κ1) is 13.8. The topological polar surface area (TPSA) is 83.3 Å². The summed E-state index contributed by atoms with van der Waals surface area (Å²) in [6.07, 6.45) is 2.65. The molecule has 3 aromatic rings. The molecule has 6 heteroatoms. The first-order valence-electron chi connectivity index (χ1n) is 6.37. The zero-order valence-electron chi connectivity index (χ0n) is 11.2. The van der Waals surface area contributed by atoms with Gasteiger partial charge in [0.15, 0.2) is 22.9 Å². The molecule has 3 rings (SSSR count). The molecule has 0 spiro atoms. The monoisotopic (exact) mass is 299 g/mol. The van der Waals surface area contributed by atoms with Crippen molar-refractivity contribution < 1.29 is 18.7 Å². The molecule has 0 unspecified atom stereocenters. The summed E-state index contributed by atoms with van der Waals surface area (Å²) in [6.45, 7) is 0. The summed E-state index contributed by atoms with van der Waals surface area (Å²) < 4.78 is 18.2. The molecule has 0 aliphatic rings. The number of carbonyl (C=O) groups is 1. The Morgan fingerprint density at radius 2 is 2.09 bits per heavy atom. The zero-order chi connectivity index (χ0) is 15.7. The van der Waals surface area contributed by atoms with Gasteiger partial charge in [0.1, 0.15) is 0 Å². The lowest BCUT2D eigenvalue weighted by Gasteiger charge is -1.98. The van der Waals surface area contributed by atoms with Crippen molar-refractivity contribution in [3.8, 4) is 5.75 Å². The lowest BCUT2D eigenvalue weighted by atomic mass is 10.1. The molecule has 0 saturated heterocycles. The fourth-order valence-corrected chi connectivity index (χ4v) is 2.06.